The highest BCUT2D eigenvalue weighted by Gasteiger charge is 2.17. The zero-order valence-corrected chi connectivity index (χ0v) is 15.2. The van der Waals surface area contributed by atoms with Crippen LogP contribution in [0.25, 0.3) is 11.0 Å². The summed E-state index contributed by atoms with van der Waals surface area (Å²) in [5, 5.41) is 10.2. The molecule has 0 unspecified atom stereocenters. The second-order valence-corrected chi connectivity index (χ2v) is 7.59. The number of carbonyl (C=O) groups is 1. The quantitative estimate of drug-likeness (QED) is 0.789. The normalized spacial score (nSPS) is 16.2. The molecule has 0 amide bonds. The fraction of sp³-hybridized carbons (Fsp3) is 0.250. The summed E-state index contributed by atoms with van der Waals surface area (Å²) in [4.78, 5) is 28.1. The van der Waals surface area contributed by atoms with Crippen LogP contribution in [0.5, 0.6) is 0 Å². The number of allylic oxidation sites excluding steroid dienone is 4. The molecule has 3 N–H and O–H groups in total. The SMILES string of the molecule is CC(C)CSc1nsc2nc(=O)c(C=C3C=CC(=O)C(O)=C3)c(N)n12. The summed E-state index contributed by atoms with van der Waals surface area (Å²) in [7, 11) is 0. The Morgan fingerprint density at radius 2 is 2.16 bits per heavy atom. The second-order valence-electron chi connectivity index (χ2n) is 5.88. The van der Waals surface area contributed by atoms with Crippen LogP contribution in [-0.2, 0) is 4.79 Å². The first-order valence-corrected chi connectivity index (χ1v) is 9.28. The van der Waals surface area contributed by atoms with Gasteiger partial charge in [-0.3, -0.25) is 9.59 Å². The molecule has 0 saturated carbocycles. The molecule has 0 aliphatic heterocycles. The van der Waals surface area contributed by atoms with Crippen LogP contribution in [-0.4, -0.2) is 30.4 Å². The first-order valence-electron chi connectivity index (χ1n) is 7.52. The van der Waals surface area contributed by atoms with E-state index in [2.05, 4.69) is 23.2 Å². The average molecular weight is 376 g/mol. The van der Waals surface area contributed by atoms with E-state index >= 15 is 0 Å². The molecule has 2 heterocycles. The smallest absolute Gasteiger partial charge is 0.283 e. The predicted molar refractivity (Wildman–Crippen MR) is 99.9 cm³/mol. The number of aliphatic hydroxyl groups excluding tert-OH is 1. The first-order chi connectivity index (χ1) is 11.9. The van der Waals surface area contributed by atoms with Crippen molar-refractivity contribution < 1.29 is 9.90 Å². The third-order valence-corrected chi connectivity index (χ3v) is 5.55. The first kappa shape index (κ1) is 17.4. The molecule has 0 saturated heterocycles. The van der Waals surface area contributed by atoms with E-state index in [9.17, 15) is 14.7 Å². The molecule has 1 aliphatic rings. The van der Waals surface area contributed by atoms with Gasteiger partial charge in [-0.15, -0.1) is 0 Å². The van der Waals surface area contributed by atoms with Crippen LogP contribution in [0.2, 0.25) is 0 Å². The molecule has 0 atom stereocenters. The lowest BCUT2D eigenvalue weighted by Gasteiger charge is -2.08. The highest BCUT2D eigenvalue weighted by Crippen LogP contribution is 2.26. The Labute approximate surface area is 151 Å². The number of hydrogen-bond donors (Lipinski definition) is 2. The Balaban J connectivity index is 2.10. The summed E-state index contributed by atoms with van der Waals surface area (Å²) in [6.07, 6.45) is 5.54. The van der Waals surface area contributed by atoms with Gasteiger partial charge in [0.15, 0.2) is 10.9 Å². The van der Waals surface area contributed by atoms with Crippen molar-refractivity contribution in [1.82, 2.24) is 13.8 Å². The van der Waals surface area contributed by atoms with Gasteiger partial charge >= 0.3 is 0 Å². The molecular formula is C16H16N4O3S2. The van der Waals surface area contributed by atoms with Crippen LogP contribution in [0, 0.1) is 5.92 Å². The van der Waals surface area contributed by atoms with Gasteiger partial charge in [0.2, 0.25) is 10.7 Å². The molecule has 2 aromatic rings. The van der Waals surface area contributed by atoms with Gasteiger partial charge in [-0.1, -0.05) is 31.7 Å². The van der Waals surface area contributed by atoms with Gasteiger partial charge in [0.05, 0.1) is 5.56 Å². The van der Waals surface area contributed by atoms with Gasteiger partial charge in [0.25, 0.3) is 5.56 Å². The van der Waals surface area contributed by atoms with Gasteiger partial charge in [0.1, 0.15) is 5.82 Å². The highest BCUT2D eigenvalue weighted by molar-refractivity contribution is 7.99. The number of anilines is 1. The summed E-state index contributed by atoms with van der Waals surface area (Å²) >= 11 is 2.67. The average Bonchev–Trinajstić information content (AvgIpc) is 2.95. The maximum absolute atomic E-state index is 12.3. The Morgan fingerprint density at radius 3 is 2.84 bits per heavy atom. The molecule has 0 bridgehead atoms. The fourth-order valence-electron chi connectivity index (χ4n) is 2.16. The molecule has 1 aliphatic carbocycles. The van der Waals surface area contributed by atoms with Gasteiger partial charge in [-0.05, 0) is 29.7 Å². The van der Waals surface area contributed by atoms with Crippen molar-refractivity contribution in [3.63, 3.8) is 0 Å². The lowest BCUT2D eigenvalue weighted by molar-refractivity contribution is -0.113. The van der Waals surface area contributed by atoms with Gasteiger partial charge in [-0.25, -0.2) is 4.40 Å². The predicted octanol–water partition coefficient (Wildman–Crippen LogP) is 2.45. The van der Waals surface area contributed by atoms with E-state index in [0.717, 1.165) is 17.3 Å². The summed E-state index contributed by atoms with van der Waals surface area (Å²) in [6.45, 7) is 4.21. The highest BCUT2D eigenvalue weighted by atomic mass is 32.2. The lowest BCUT2D eigenvalue weighted by atomic mass is 10.1. The van der Waals surface area contributed by atoms with Crippen molar-refractivity contribution in [2.45, 2.75) is 19.0 Å². The van der Waals surface area contributed by atoms with Gasteiger partial charge in [0, 0.05) is 17.3 Å². The second kappa shape index (κ2) is 6.85. The number of fused-ring (bicyclic) bond motifs is 1. The van der Waals surface area contributed by atoms with Crippen molar-refractivity contribution >= 4 is 45.9 Å². The molecule has 130 valence electrons. The zero-order chi connectivity index (χ0) is 18.1. The summed E-state index contributed by atoms with van der Waals surface area (Å²) < 4.78 is 5.99. The lowest BCUT2D eigenvalue weighted by Crippen LogP contribution is -2.16. The number of aliphatic hydroxyl groups is 1. The molecule has 0 aromatic carbocycles. The summed E-state index contributed by atoms with van der Waals surface area (Å²) in [5.74, 6) is 0.717. The van der Waals surface area contributed by atoms with Crippen molar-refractivity contribution in [3.8, 4) is 0 Å². The van der Waals surface area contributed by atoms with Gasteiger partial charge in [-0.2, -0.15) is 9.36 Å². The maximum Gasteiger partial charge on any atom is 0.283 e. The maximum atomic E-state index is 12.3. The number of ketones is 1. The van der Waals surface area contributed by atoms with Gasteiger partial charge < -0.3 is 10.8 Å². The largest absolute Gasteiger partial charge is 0.504 e. The monoisotopic (exact) mass is 376 g/mol. The minimum atomic E-state index is -0.482. The van der Waals surface area contributed by atoms with Crippen LogP contribution in [0.3, 0.4) is 0 Å². The minimum absolute atomic E-state index is 0.196. The molecule has 3 rings (SSSR count). The molecule has 0 radical (unpaired) electrons. The minimum Gasteiger partial charge on any atom is -0.504 e. The molecular weight excluding hydrogens is 360 g/mol. The number of nitrogen functional groups attached to an aromatic ring is 1. The van der Waals surface area contributed by atoms with E-state index in [-0.39, 0.29) is 17.1 Å². The van der Waals surface area contributed by atoms with Crippen molar-refractivity contribution in [2.75, 3.05) is 11.5 Å². The zero-order valence-electron chi connectivity index (χ0n) is 13.6. The van der Waals surface area contributed by atoms with E-state index in [1.165, 1.54) is 24.3 Å². The Kier molecular flexibility index (Phi) is 4.78. The number of nitrogens with zero attached hydrogens (tertiary/aromatic N) is 3. The van der Waals surface area contributed by atoms with Crippen LogP contribution in [0.4, 0.5) is 5.82 Å². The Morgan fingerprint density at radius 1 is 1.40 bits per heavy atom. The number of aromatic nitrogens is 3. The van der Waals surface area contributed by atoms with Crippen LogP contribution < -0.4 is 11.3 Å². The van der Waals surface area contributed by atoms with E-state index in [0.29, 0.717) is 21.6 Å². The van der Waals surface area contributed by atoms with Crippen molar-refractivity contribution in [1.29, 1.82) is 0 Å². The molecule has 0 fully saturated rings. The number of carbonyl (C=O) groups excluding carboxylic acids is 1. The number of thioether (sulfide) groups is 1. The van der Waals surface area contributed by atoms with Crippen molar-refractivity contribution in [2.24, 2.45) is 5.92 Å². The van der Waals surface area contributed by atoms with E-state index in [1.807, 2.05) is 0 Å². The van der Waals surface area contributed by atoms with Crippen LogP contribution in [0.15, 0.2) is 39.5 Å². The third-order valence-electron chi connectivity index (χ3n) is 3.37. The number of rotatable bonds is 4. The molecule has 2 aromatic heterocycles. The van der Waals surface area contributed by atoms with E-state index < -0.39 is 11.3 Å². The topological polar surface area (TPSA) is 111 Å². The summed E-state index contributed by atoms with van der Waals surface area (Å²) in [6, 6.07) is 0. The Hall–Kier alpha value is -2.39. The van der Waals surface area contributed by atoms with Crippen molar-refractivity contribution in [3.05, 3.63) is 45.5 Å². The van der Waals surface area contributed by atoms with E-state index in [4.69, 9.17) is 5.73 Å². The fourth-order valence-corrected chi connectivity index (χ4v) is 3.96. The van der Waals surface area contributed by atoms with E-state index in [1.54, 1.807) is 16.2 Å². The molecule has 7 nitrogen and oxygen atoms in total. The number of hydrogen-bond acceptors (Lipinski definition) is 8. The third kappa shape index (κ3) is 3.52. The molecule has 25 heavy (non-hydrogen) atoms. The number of nitrogens with two attached hydrogens (primary N) is 1. The van der Waals surface area contributed by atoms with Crippen LogP contribution >= 0.6 is 23.3 Å². The Bertz CT molecular complexity index is 999. The molecule has 0 spiro atoms. The summed E-state index contributed by atoms with van der Waals surface area (Å²) in [5.41, 5.74) is 6.41. The van der Waals surface area contributed by atoms with Crippen LogP contribution in [0.1, 0.15) is 19.4 Å². The molecule has 9 heteroatoms. The standard InChI is InChI=1S/C16H16N4O3S2/c1-8(2)7-24-16-19-25-15-18-14(23)10(13(17)20(15)16)5-9-3-4-11(21)12(22)6-9/h3-6,8,22H,7,17H2,1-2H3.